The minimum Gasteiger partial charge on any atom is -0.448 e. The molecule has 2 aliphatic heterocycles. The highest BCUT2D eigenvalue weighted by molar-refractivity contribution is 5.72. The van der Waals surface area contributed by atoms with Gasteiger partial charge in [-0.15, -0.1) is 0 Å². The maximum atomic E-state index is 11.0. The lowest BCUT2D eigenvalue weighted by molar-refractivity contribution is 0.0818. The molecule has 26 heavy (non-hydrogen) atoms. The summed E-state index contributed by atoms with van der Waals surface area (Å²) in [5.41, 5.74) is 7.69. The number of ether oxygens (including phenoxy) is 1. The van der Waals surface area contributed by atoms with Gasteiger partial charge in [-0.2, -0.15) is 10.0 Å². The van der Waals surface area contributed by atoms with Gasteiger partial charge in [0.05, 0.1) is 25.5 Å². The molecule has 0 unspecified atom stereocenters. The molecule has 2 aromatic rings. The van der Waals surface area contributed by atoms with E-state index in [0.717, 1.165) is 5.56 Å². The van der Waals surface area contributed by atoms with Crippen molar-refractivity contribution in [2.24, 2.45) is 0 Å². The largest absolute Gasteiger partial charge is 0.530 e. The number of carboxylic acid groups (broad SMARTS) is 1. The van der Waals surface area contributed by atoms with E-state index in [2.05, 4.69) is 15.0 Å². The molecule has 1 fully saturated rings. The summed E-state index contributed by atoms with van der Waals surface area (Å²) in [6.45, 7) is 2.82. The van der Waals surface area contributed by atoms with E-state index in [1.54, 1.807) is 12.4 Å². The van der Waals surface area contributed by atoms with E-state index in [9.17, 15) is 4.79 Å². The first-order valence-corrected chi connectivity index (χ1v) is 8.12. The minimum atomic E-state index is -1.39. The predicted octanol–water partition coefficient (Wildman–Crippen LogP) is 0.324. The summed E-state index contributed by atoms with van der Waals surface area (Å²) in [6, 6.07) is 0. The Morgan fingerprint density at radius 2 is 1.92 bits per heavy atom. The molecule has 136 valence electrons. The zero-order valence-electron chi connectivity index (χ0n) is 13.8. The number of carbonyl (C=O) groups is 1. The van der Waals surface area contributed by atoms with Crippen molar-refractivity contribution in [1.82, 2.24) is 19.9 Å². The van der Waals surface area contributed by atoms with Crippen LogP contribution >= 0.6 is 0 Å². The second kappa shape index (κ2) is 6.59. The lowest BCUT2D eigenvalue weighted by Crippen LogP contribution is -2.37. The van der Waals surface area contributed by atoms with E-state index in [0.29, 0.717) is 62.3 Å². The summed E-state index contributed by atoms with van der Waals surface area (Å²) < 4.78 is 5.37. The van der Waals surface area contributed by atoms with Crippen LogP contribution < -0.4 is 15.7 Å². The van der Waals surface area contributed by atoms with Crippen LogP contribution in [0.15, 0.2) is 12.4 Å². The average Bonchev–Trinajstić information content (AvgIpc) is 3.05. The first-order valence-electron chi connectivity index (χ1n) is 8.12. The van der Waals surface area contributed by atoms with Crippen molar-refractivity contribution in [1.29, 1.82) is 0 Å². The van der Waals surface area contributed by atoms with Gasteiger partial charge in [0.15, 0.2) is 5.82 Å². The molecule has 0 amide bonds. The Morgan fingerprint density at radius 1 is 1.19 bits per heavy atom. The second-order valence-electron chi connectivity index (χ2n) is 5.81. The van der Waals surface area contributed by atoms with Crippen molar-refractivity contribution in [3.05, 3.63) is 18.0 Å². The average molecular weight is 359 g/mol. The Kier molecular flexibility index (Phi) is 4.13. The van der Waals surface area contributed by atoms with Gasteiger partial charge in [0.25, 0.3) is 0 Å². The van der Waals surface area contributed by atoms with Crippen LogP contribution in [0.25, 0.3) is 11.3 Å². The number of hydrogen-bond acceptors (Lipinski definition) is 10. The number of rotatable bonds is 3. The first-order chi connectivity index (χ1) is 12.6. The molecule has 2 aliphatic rings. The number of morpholine rings is 1. The number of hydroxylamine groups is 1. The monoisotopic (exact) mass is 359 g/mol. The Balaban J connectivity index is 1.80. The van der Waals surface area contributed by atoms with Gasteiger partial charge in [-0.3, -0.25) is 0 Å². The van der Waals surface area contributed by atoms with Crippen molar-refractivity contribution in [3.63, 3.8) is 0 Å². The van der Waals surface area contributed by atoms with Crippen LogP contribution in [0.2, 0.25) is 0 Å². The molecule has 2 aromatic heterocycles. The zero-order chi connectivity index (χ0) is 18.1. The summed E-state index contributed by atoms with van der Waals surface area (Å²) in [7, 11) is 0. The van der Waals surface area contributed by atoms with Crippen LogP contribution in [0.1, 0.15) is 5.56 Å². The van der Waals surface area contributed by atoms with E-state index < -0.39 is 6.16 Å². The summed E-state index contributed by atoms with van der Waals surface area (Å²) >= 11 is 0. The van der Waals surface area contributed by atoms with Crippen molar-refractivity contribution in [2.75, 3.05) is 48.5 Å². The molecule has 0 saturated carbocycles. The van der Waals surface area contributed by atoms with Crippen LogP contribution in [0, 0.1) is 0 Å². The molecule has 11 nitrogen and oxygen atoms in total. The van der Waals surface area contributed by atoms with Gasteiger partial charge in [0.2, 0.25) is 11.9 Å². The minimum absolute atomic E-state index is 0.170. The molecule has 4 rings (SSSR count). The number of hydrogen-bond donors (Lipinski definition) is 2. The Bertz CT molecular complexity index is 823. The maximum Gasteiger partial charge on any atom is 0.530 e. The SMILES string of the molecule is Nc1ncc(-c2nc(N3CCOCC3)nc3c2CCN3OC(=O)O)cn1. The zero-order valence-corrected chi connectivity index (χ0v) is 13.8. The van der Waals surface area contributed by atoms with Gasteiger partial charge in [-0.05, 0) is 6.42 Å². The van der Waals surface area contributed by atoms with Gasteiger partial charge in [-0.1, -0.05) is 0 Å². The van der Waals surface area contributed by atoms with Gasteiger partial charge in [0.1, 0.15) is 0 Å². The smallest absolute Gasteiger partial charge is 0.448 e. The van der Waals surface area contributed by atoms with Crippen molar-refractivity contribution >= 4 is 23.9 Å². The Hall–Kier alpha value is -3.21. The fourth-order valence-electron chi connectivity index (χ4n) is 3.00. The lowest BCUT2D eigenvalue weighted by atomic mass is 10.1. The fraction of sp³-hybridized carbons (Fsp3) is 0.400. The number of nitrogens with two attached hydrogens (primary N) is 1. The van der Waals surface area contributed by atoms with E-state index >= 15 is 0 Å². The molecular weight excluding hydrogens is 342 g/mol. The van der Waals surface area contributed by atoms with Crippen LogP contribution in [0.3, 0.4) is 0 Å². The van der Waals surface area contributed by atoms with Crippen molar-refractivity contribution in [2.45, 2.75) is 6.42 Å². The number of nitrogen functional groups attached to an aromatic ring is 1. The van der Waals surface area contributed by atoms with Crippen LogP contribution in [0.4, 0.5) is 22.5 Å². The number of nitrogens with zero attached hydrogens (tertiary/aromatic N) is 6. The van der Waals surface area contributed by atoms with E-state index in [4.69, 9.17) is 25.4 Å². The maximum absolute atomic E-state index is 11.0. The van der Waals surface area contributed by atoms with E-state index in [1.165, 1.54) is 5.06 Å². The Labute approximate surface area is 148 Å². The molecule has 1 saturated heterocycles. The molecule has 0 radical (unpaired) electrons. The van der Waals surface area contributed by atoms with Gasteiger partial charge in [0, 0.05) is 36.6 Å². The number of anilines is 3. The molecule has 0 spiro atoms. The molecule has 4 heterocycles. The van der Waals surface area contributed by atoms with Crippen LogP contribution in [-0.2, 0) is 16.0 Å². The molecule has 0 aliphatic carbocycles. The van der Waals surface area contributed by atoms with Gasteiger partial charge >= 0.3 is 6.16 Å². The topological polar surface area (TPSA) is 140 Å². The summed E-state index contributed by atoms with van der Waals surface area (Å²) in [5.74, 6) is 1.10. The fourth-order valence-corrected chi connectivity index (χ4v) is 3.00. The Morgan fingerprint density at radius 3 is 2.62 bits per heavy atom. The van der Waals surface area contributed by atoms with Gasteiger partial charge < -0.3 is 25.3 Å². The quantitative estimate of drug-likeness (QED) is 0.783. The lowest BCUT2D eigenvalue weighted by Gasteiger charge is -2.28. The number of fused-ring (bicyclic) bond motifs is 1. The standard InChI is InChI=1S/C15H17N7O4/c16-13-17-7-9(8-18-13)11-10-1-2-22(26-15(23)24)12(10)20-14(19-11)21-3-5-25-6-4-21/h7-8H,1-6H2,(H,23,24)(H2,16,17,18). The highest BCUT2D eigenvalue weighted by Gasteiger charge is 2.30. The third kappa shape index (κ3) is 3.04. The molecule has 0 atom stereocenters. The molecular formula is C15H17N7O4. The molecule has 0 bridgehead atoms. The highest BCUT2D eigenvalue weighted by atomic mass is 16.8. The normalized spacial score (nSPS) is 16.5. The molecule has 3 N–H and O–H groups in total. The number of aromatic nitrogens is 4. The van der Waals surface area contributed by atoms with Crippen LogP contribution in [0.5, 0.6) is 0 Å². The predicted molar refractivity (Wildman–Crippen MR) is 90.7 cm³/mol. The first kappa shape index (κ1) is 16.3. The highest BCUT2D eigenvalue weighted by Crippen LogP contribution is 2.35. The van der Waals surface area contributed by atoms with E-state index in [-0.39, 0.29) is 5.95 Å². The van der Waals surface area contributed by atoms with Gasteiger partial charge in [-0.25, -0.2) is 19.7 Å². The third-order valence-corrected chi connectivity index (χ3v) is 4.20. The van der Waals surface area contributed by atoms with Crippen LogP contribution in [-0.4, -0.2) is 64.0 Å². The second-order valence-corrected chi connectivity index (χ2v) is 5.81. The van der Waals surface area contributed by atoms with Crippen molar-refractivity contribution in [3.8, 4) is 11.3 Å². The summed E-state index contributed by atoms with van der Waals surface area (Å²) in [6.07, 6.45) is 2.34. The van der Waals surface area contributed by atoms with Crippen molar-refractivity contribution < 1.29 is 19.5 Å². The summed E-state index contributed by atoms with van der Waals surface area (Å²) in [4.78, 5) is 35.1. The molecule has 11 heteroatoms. The molecule has 0 aromatic carbocycles. The third-order valence-electron chi connectivity index (χ3n) is 4.20. The summed E-state index contributed by atoms with van der Waals surface area (Å²) in [5, 5.41) is 10.2. The van der Waals surface area contributed by atoms with E-state index in [1.807, 2.05) is 4.90 Å².